The Morgan fingerprint density at radius 2 is 1.63 bits per heavy atom. The first-order chi connectivity index (χ1) is 14.5. The van der Waals surface area contributed by atoms with E-state index in [0.29, 0.717) is 22.6 Å². The molecular weight excluding hydrogens is 380 g/mol. The number of rotatable bonds is 5. The Balaban J connectivity index is 1.52. The molecule has 150 valence electrons. The summed E-state index contributed by atoms with van der Waals surface area (Å²) in [5.74, 6) is 0.383. The summed E-state index contributed by atoms with van der Waals surface area (Å²) in [4.78, 5) is 24.1. The molecule has 0 bridgehead atoms. The molecule has 0 saturated carbocycles. The van der Waals surface area contributed by atoms with Crippen molar-refractivity contribution in [1.82, 2.24) is 0 Å². The molecule has 0 unspecified atom stereocenters. The summed E-state index contributed by atoms with van der Waals surface area (Å²) < 4.78 is 16.5. The van der Waals surface area contributed by atoms with E-state index < -0.39 is 11.6 Å². The van der Waals surface area contributed by atoms with Crippen LogP contribution in [0.25, 0.3) is 22.1 Å². The van der Waals surface area contributed by atoms with Crippen molar-refractivity contribution in [1.29, 1.82) is 0 Å². The van der Waals surface area contributed by atoms with E-state index in [1.807, 2.05) is 61.5 Å². The zero-order valence-corrected chi connectivity index (χ0v) is 16.7. The van der Waals surface area contributed by atoms with Crippen molar-refractivity contribution in [2.45, 2.75) is 13.8 Å². The number of para-hydroxylation sites is 1. The maximum absolute atomic E-state index is 12.4. The van der Waals surface area contributed by atoms with Gasteiger partial charge in [-0.05, 0) is 43.2 Å². The van der Waals surface area contributed by atoms with Crippen LogP contribution in [-0.4, -0.2) is 12.6 Å². The van der Waals surface area contributed by atoms with Crippen LogP contribution in [0.2, 0.25) is 0 Å². The predicted molar refractivity (Wildman–Crippen MR) is 115 cm³/mol. The lowest BCUT2D eigenvalue weighted by molar-refractivity contribution is -0.136. The molecule has 5 nitrogen and oxygen atoms in total. The van der Waals surface area contributed by atoms with E-state index >= 15 is 0 Å². The second-order valence-electron chi connectivity index (χ2n) is 6.94. The summed E-state index contributed by atoms with van der Waals surface area (Å²) >= 11 is 0. The number of ether oxygens (including phenoxy) is 2. The van der Waals surface area contributed by atoms with Gasteiger partial charge in [0.15, 0.2) is 6.61 Å². The van der Waals surface area contributed by atoms with E-state index in [0.717, 1.165) is 22.1 Å². The molecule has 0 aliphatic heterocycles. The number of hydrogen-bond acceptors (Lipinski definition) is 5. The topological polar surface area (TPSA) is 65.7 Å². The molecule has 0 N–H and O–H groups in total. The highest BCUT2D eigenvalue weighted by molar-refractivity contribution is 5.86. The summed E-state index contributed by atoms with van der Waals surface area (Å²) in [6.07, 6.45) is 0. The first kappa shape index (κ1) is 19.5. The monoisotopic (exact) mass is 400 g/mol. The van der Waals surface area contributed by atoms with Crippen LogP contribution in [0.5, 0.6) is 11.5 Å². The molecule has 0 fully saturated rings. The Bertz CT molecular complexity index is 1270. The first-order valence-electron chi connectivity index (χ1n) is 9.55. The Hall–Kier alpha value is -3.86. The van der Waals surface area contributed by atoms with Crippen LogP contribution in [-0.2, 0) is 4.79 Å². The Morgan fingerprint density at radius 3 is 2.43 bits per heavy atom. The minimum atomic E-state index is -0.546. The molecular formula is C25H20O5. The number of esters is 1. The normalized spacial score (nSPS) is 10.7. The van der Waals surface area contributed by atoms with Crippen LogP contribution in [0.1, 0.15) is 11.1 Å². The second kappa shape index (κ2) is 8.25. The number of fused-ring (bicyclic) bond motifs is 1. The molecule has 0 amide bonds. The smallest absolute Gasteiger partial charge is 0.349 e. The summed E-state index contributed by atoms with van der Waals surface area (Å²) in [7, 11) is 0. The number of aryl methyl sites for hydroxylation is 2. The molecule has 0 aliphatic carbocycles. The molecule has 30 heavy (non-hydrogen) atoms. The van der Waals surface area contributed by atoms with Gasteiger partial charge in [0.1, 0.15) is 17.1 Å². The van der Waals surface area contributed by atoms with Crippen molar-refractivity contribution >= 4 is 16.9 Å². The average molecular weight is 400 g/mol. The highest BCUT2D eigenvalue weighted by Crippen LogP contribution is 2.30. The van der Waals surface area contributed by atoms with Crippen LogP contribution in [0, 0.1) is 13.8 Å². The second-order valence-corrected chi connectivity index (χ2v) is 6.94. The van der Waals surface area contributed by atoms with Crippen LogP contribution >= 0.6 is 0 Å². The van der Waals surface area contributed by atoms with Gasteiger partial charge in [0.05, 0.1) is 0 Å². The Morgan fingerprint density at radius 1 is 0.900 bits per heavy atom. The molecule has 4 rings (SSSR count). The summed E-state index contributed by atoms with van der Waals surface area (Å²) in [5, 5.41) is 0.805. The van der Waals surface area contributed by atoms with Crippen molar-refractivity contribution in [2.75, 3.05) is 6.61 Å². The maximum Gasteiger partial charge on any atom is 0.349 e. The van der Waals surface area contributed by atoms with Gasteiger partial charge in [-0.25, -0.2) is 9.59 Å². The van der Waals surface area contributed by atoms with Crippen molar-refractivity contribution in [3.63, 3.8) is 0 Å². The number of carbonyl (C=O) groups excluding carboxylic acids is 1. The lowest BCUT2D eigenvalue weighted by Crippen LogP contribution is -2.18. The summed E-state index contributed by atoms with van der Waals surface area (Å²) in [6, 6.07) is 22.2. The molecule has 0 spiro atoms. The average Bonchev–Trinajstić information content (AvgIpc) is 2.75. The van der Waals surface area contributed by atoms with Crippen molar-refractivity contribution in [3.8, 4) is 22.6 Å². The molecule has 0 atom stereocenters. The molecule has 1 heterocycles. The van der Waals surface area contributed by atoms with Gasteiger partial charge in [-0.3, -0.25) is 0 Å². The van der Waals surface area contributed by atoms with Crippen LogP contribution < -0.4 is 15.1 Å². The first-order valence-corrected chi connectivity index (χ1v) is 9.55. The zero-order chi connectivity index (χ0) is 21.1. The summed E-state index contributed by atoms with van der Waals surface area (Å²) in [6.45, 7) is 3.33. The van der Waals surface area contributed by atoms with Gasteiger partial charge in [-0.1, -0.05) is 48.5 Å². The molecule has 5 heteroatoms. The van der Waals surface area contributed by atoms with Gasteiger partial charge in [0.2, 0.25) is 0 Å². The number of hydrogen-bond donors (Lipinski definition) is 0. The van der Waals surface area contributed by atoms with E-state index in [9.17, 15) is 9.59 Å². The highest BCUT2D eigenvalue weighted by Gasteiger charge is 2.14. The van der Waals surface area contributed by atoms with E-state index in [4.69, 9.17) is 13.9 Å². The minimum absolute atomic E-state index is 0.251. The molecule has 0 saturated heterocycles. The third-order valence-corrected chi connectivity index (χ3v) is 4.86. The third kappa shape index (κ3) is 3.96. The molecule has 0 radical (unpaired) electrons. The molecule has 3 aromatic carbocycles. The minimum Gasteiger partial charge on any atom is -0.481 e. The van der Waals surface area contributed by atoms with Gasteiger partial charge in [0, 0.05) is 22.6 Å². The molecule has 0 aliphatic rings. The van der Waals surface area contributed by atoms with Gasteiger partial charge in [-0.15, -0.1) is 0 Å². The Labute approximate surface area is 173 Å². The SMILES string of the molecule is Cc1cc(=O)oc2c(C)c(OC(=O)COc3ccccc3-c3ccccc3)ccc12. The van der Waals surface area contributed by atoms with Gasteiger partial charge >= 0.3 is 11.6 Å². The van der Waals surface area contributed by atoms with Gasteiger partial charge in [0.25, 0.3) is 0 Å². The van der Waals surface area contributed by atoms with Crippen molar-refractivity contribution < 1.29 is 18.7 Å². The van der Waals surface area contributed by atoms with Gasteiger partial charge in [-0.2, -0.15) is 0 Å². The standard InChI is InChI=1S/C25H20O5/c1-16-14-23(26)30-25-17(2)21(13-12-19(16)25)29-24(27)15-28-22-11-7-6-10-20(22)18-8-4-3-5-9-18/h3-14H,15H2,1-2H3. The zero-order valence-electron chi connectivity index (χ0n) is 16.7. The lowest BCUT2D eigenvalue weighted by atomic mass is 10.1. The van der Waals surface area contributed by atoms with Crippen molar-refractivity contribution in [2.24, 2.45) is 0 Å². The fourth-order valence-corrected chi connectivity index (χ4v) is 3.35. The largest absolute Gasteiger partial charge is 0.481 e. The fourth-order valence-electron chi connectivity index (χ4n) is 3.35. The predicted octanol–water partition coefficient (Wildman–Crippen LogP) is 5.06. The van der Waals surface area contributed by atoms with E-state index in [1.165, 1.54) is 6.07 Å². The van der Waals surface area contributed by atoms with Crippen LogP contribution in [0.15, 0.2) is 82.0 Å². The third-order valence-electron chi connectivity index (χ3n) is 4.86. The summed E-state index contributed by atoms with van der Waals surface area (Å²) in [5.41, 5.74) is 3.27. The highest BCUT2D eigenvalue weighted by atomic mass is 16.6. The number of benzene rings is 3. The van der Waals surface area contributed by atoms with Gasteiger partial charge < -0.3 is 13.9 Å². The van der Waals surface area contributed by atoms with E-state index in [2.05, 4.69) is 0 Å². The van der Waals surface area contributed by atoms with Crippen molar-refractivity contribution in [3.05, 3.63) is 94.3 Å². The number of carbonyl (C=O) groups is 1. The Kier molecular flexibility index (Phi) is 5.35. The lowest BCUT2D eigenvalue weighted by Gasteiger charge is -2.13. The maximum atomic E-state index is 12.4. The quantitative estimate of drug-likeness (QED) is 0.266. The van der Waals surface area contributed by atoms with Crippen LogP contribution in [0.4, 0.5) is 0 Å². The fraction of sp³-hybridized carbons (Fsp3) is 0.120. The van der Waals surface area contributed by atoms with E-state index in [1.54, 1.807) is 19.1 Å². The molecule has 4 aromatic rings. The molecule has 1 aromatic heterocycles. The van der Waals surface area contributed by atoms with Crippen LogP contribution in [0.3, 0.4) is 0 Å². The van der Waals surface area contributed by atoms with E-state index in [-0.39, 0.29) is 6.61 Å².